The Morgan fingerprint density at radius 3 is 1.88 bits per heavy atom. The molecular weight excluding hydrogens is 450 g/mol. The monoisotopic (exact) mass is 489 g/mol. The first-order valence-corrected chi connectivity index (χ1v) is 11.0. The molecular formula is C21H39N5O8. The molecule has 6 N–H and O–H groups in total. The van der Waals surface area contributed by atoms with Crippen LogP contribution >= 0.6 is 0 Å². The number of alkyl carbamates (subject to hydrolysis) is 2. The van der Waals surface area contributed by atoms with Crippen LogP contribution in [0.25, 0.3) is 0 Å². The fourth-order valence-electron chi connectivity index (χ4n) is 2.93. The molecule has 0 bridgehead atoms. The highest BCUT2D eigenvalue weighted by atomic mass is 16.6. The van der Waals surface area contributed by atoms with Crippen molar-refractivity contribution in [3.63, 3.8) is 0 Å². The molecule has 5 amide bonds. The van der Waals surface area contributed by atoms with Crippen molar-refractivity contribution in [1.82, 2.24) is 26.2 Å². The molecule has 1 saturated heterocycles. The average Bonchev–Trinajstić information content (AvgIpc) is 3.15. The first kappa shape index (κ1) is 30.9. The molecule has 1 atom stereocenters. The smallest absolute Gasteiger partial charge is 0.408 e. The van der Waals surface area contributed by atoms with Crippen LogP contribution in [0.4, 0.5) is 9.59 Å². The number of nitrogens with one attached hydrogen (secondary N) is 4. The Hall–Kier alpha value is -3.09. The maximum Gasteiger partial charge on any atom is 0.408 e. The normalized spacial score (nSPS) is 15.5. The zero-order valence-corrected chi connectivity index (χ0v) is 20.8. The summed E-state index contributed by atoms with van der Waals surface area (Å²) in [6.45, 7) is 10.5. The van der Waals surface area contributed by atoms with Gasteiger partial charge in [-0.2, -0.15) is 0 Å². The predicted octanol–water partition coefficient (Wildman–Crippen LogP) is -0.565. The summed E-state index contributed by atoms with van der Waals surface area (Å²) >= 11 is 0. The molecule has 0 radical (unpaired) electrons. The Kier molecular flexibility index (Phi) is 12.3. The molecule has 1 heterocycles. The minimum absolute atomic E-state index is 0. The molecule has 0 aromatic carbocycles. The van der Waals surface area contributed by atoms with E-state index < -0.39 is 47.2 Å². The third kappa shape index (κ3) is 12.8. The average molecular weight is 490 g/mol. The highest BCUT2D eigenvalue weighted by Crippen LogP contribution is 2.17. The topological polar surface area (TPSA) is 187 Å². The minimum atomic E-state index is -0.714. The summed E-state index contributed by atoms with van der Waals surface area (Å²) in [6, 6.07) is -0.709. The molecule has 0 aliphatic carbocycles. The van der Waals surface area contributed by atoms with Gasteiger partial charge in [-0.1, -0.05) is 0 Å². The van der Waals surface area contributed by atoms with Crippen molar-refractivity contribution in [2.45, 2.75) is 71.6 Å². The fourth-order valence-corrected chi connectivity index (χ4v) is 2.93. The van der Waals surface area contributed by atoms with E-state index in [-0.39, 0.29) is 31.7 Å². The van der Waals surface area contributed by atoms with E-state index in [9.17, 15) is 24.0 Å². The zero-order chi connectivity index (χ0) is 25.2. The Labute approximate surface area is 200 Å². The van der Waals surface area contributed by atoms with Gasteiger partial charge in [-0.25, -0.2) is 9.59 Å². The largest absolute Gasteiger partial charge is 0.444 e. The molecule has 0 unspecified atom stereocenters. The first-order valence-electron chi connectivity index (χ1n) is 11.0. The van der Waals surface area contributed by atoms with Gasteiger partial charge in [-0.15, -0.1) is 0 Å². The number of nitrogens with zero attached hydrogens (tertiary/aromatic N) is 1. The van der Waals surface area contributed by atoms with Crippen LogP contribution in [0.2, 0.25) is 0 Å². The molecule has 1 fully saturated rings. The molecule has 0 saturated carbocycles. The molecule has 0 aromatic rings. The van der Waals surface area contributed by atoms with E-state index in [1.165, 1.54) is 4.90 Å². The summed E-state index contributed by atoms with van der Waals surface area (Å²) in [5.74, 6) is -1.28. The fraction of sp³-hybridized carbons (Fsp3) is 0.762. The molecule has 13 nitrogen and oxygen atoms in total. The first-order chi connectivity index (χ1) is 15.2. The van der Waals surface area contributed by atoms with E-state index in [0.717, 1.165) is 0 Å². The summed E-state index contributed by atoms with van der Waals surface area (Å²) in [5, 5.41) is 9.98. The van der Waals surface area contributed by atoms with E-state index >= 15 is 0 Å². The molecule has 34 heavy (non-hydrogen) atoms. The van der Waals surface area contributed by atoms with Crippen molar-refractivity contribution in [2.24, 2.45) is 0 Å². The number of rotatable bonds is 8. The summed E-state index contributed by atoms with van der Waals surface area (Å²) in [7, 11) is 0. The van der Waals surface area contributed by atoms with E-state index in [4.69, 9.17) is 9.47 Å². The number of carbonyl (C=O) groups excluding carboxylic acids is 5. The molecule has 13 heteroatoms. The summed E-state index contributed by atoms with van der Waals surface area (Å²) in [4.78, 5) is 61.5. The van der Waals surface area contributed by atoms with Crippen molar-refractivity contribution < 1.29 is 38.9 Å². The van der Waals surface area contributed by atoms with Crippen LogP contribution in [0.5, 0.6) is 0 Å². The van der Waals surface area contributed by atoms with Gasteiger partial charge in [-0.05, 0) is 54.4 Å². The van der Waals surface area contributed by atoms with Gasteiger partial charge in [0.25, 0.3) is 0 Å². The Bertz CT molecular complexity index is 730. The van der Waals surface area contributed by atoms with Crippen molar-refractivity contribution in [1.29, 1.82) is 0 Å². The number of carbonyl (C=O) groups is 5. The summed E-state index contributed by atoms with van der Waals surface area (Å²) in [6.07, 6.45) is -0.199. The van der Waals surface area contributed by atoms with Gasteiger partial charge < -0.3 is 41.1 Å². The van der Waals surface area contributed by atoms with Gasteiger partial charge in [0.15, 0.2) is 0 Å². The quantitative estimate of drug-likeness (QED) is 0.329. The molecule has 0 spiro atoms. The van der Waals surface area contributed by atoms with Crippen LogP contribution in [0.1, 0.15) is 54.4 Å². The number of hydrogen-bond donors (Lipinski definition) is 4. The lowest BCUT2D eigenvalue weighted by molar-refractivity contribution is -0.138. The van der Waals surface area contributed by atoms with Crippen LogP contribution in [0.3, 0.4) is 0 Å². The Morgan fingerprint density at radius 2 is 1.32 bits per heavy atom. The highest BCUT2D eigenvalue weighted by Gasteiger charge is 2.34. The van der Waals surface area contributed by atoms with Crippen LogP contribution in [-0.4, -0.2) is 90.3 Å². The number of amides is 5. The molecule has 0 aromatic heterocycles. The zero-order valence-electron chi connectivity index (χ0n) is 20.8. The highest BCUT2D eigenvalue weighted by molar-refractivity contribution is 5.92. The lowest BCUT2D eigenvalue weighted by Gasteiger charge is -2.25. The van der Waals surface area contributed by atoms with Crippen molar-refractivity contribution in [3.05, 3.63) is 0 Å². The number of hydrogen-bond acceptors (Lipinski definition) is 7. The van der Waals surface area contributed by atoms with E-state index in [0.29, 0.717) is 19.4 Å². The lowest BCUT2D eigenvalue weighted by Crippen LogP contribution is -2.50. The van der Waals surface area contributed by atoms with Crippen molar-refractivity contribution >= 4 is 29.9 Å². The third-order valence-electron chi connectivity index (χ3n) is 4.20. The predicted molar refractivity (Wildman–Crippen MR) is 123 cm³/mol. The summed E-state index contributed by atoms with van der Waals surface area (Å²) in [5.41, 5.74) is -1.30. The van der Waals surface area contributed by atoms with E-state index in [1.807, 2.05) is 0 Å². The second kappa shape index (κ2) is 13.6. The van der Waals surface area contributed by atoms with Crippen LogP contribution in [0, 0.1) is 0 Å². The van der Waals surface area contributed by atoms with Crippen LogP contribution < -0.4 is 21.3 Å². The SMILES string of the molecule is CC(C)(C)OC(=O)NCCNC(=O)CNC(=O)[C@@H]1CCCN1C(=O)CNC(=O)OC(C)(C)C.O. The number of ether oxygens (including phenoxy) is 2. The minimum Gasteiger partial charge on any atom is -0.444 e. The molecule has 1 rings (SSSR count). The number of likely N-dealkylation sites (tertiary alicyclic amines) is 1. The lowest BCUT2D eigenvalue weighted by atomic mass is 10.2. The van der Waals surface area contributed by atoms with Gasteiger partial charge in [-0.3, -0.25) is 14.4 Å². The van der Waals surface area contributed by atoms with Crippen LogP contribution in [-0.2, 0) is 23.9 Å². The van der Waals surface area contributed by atoms with Crippen molar-refractivity contribution in [2.75, 3.05) is 32.7 Å². The molecule has 196 valence electrons. The second-order valence-corrected chi connectivity index (χ2v) is 9.60. The van der Waals surface area contributed by atoms with Gasteiger partial charge in [0, 0.05) is 19.6 Å². The van der Waals surface area contributed by atoms with Gasteiger partial charge in [0.2, 0.25) is 17.7 Å². The Balaban J connectivity index is 0.0000109. The van der Waals surface area contributed by atoms with E-state index in [1.54, 1.807) is 41.5 Å². The van der Waals surface area contributed by atoms with Gasteiger partial charge in [0.05, 0.1) is 6.54 Å². The standard InChI is InChI=1S/C21H37N5O7.H2O/c1-20(2,3)32-18(30)23-10-9-22-15(27)12-24-17(29)14-8-7-11-26(14)16(28)13-25-19(31)33-21(4,5)6;/h14H,7-13H2,1-6H3,(H,22,27)(H,23,30)(H,24,29)(H,25,31);1H2/t14-;/m0./s1. The van der Waals surface area contributed by atoms with Crippen LogP contribution in [0.15, 0.2) is 0 Å². The Morgan fingerprint density at radius 1 is 0.794 bits per heavy atom. The maximum atomic E-state index is 12.5. The van der Waals surface area contributed by atoms with Gasteiger partial charge in [0.1, 0.15) is 23.8 Å². The van der Waals surface area contributed by atoms with Gasteiger partial charge >= 0.3 is 12.2 Å². The second-order valence-electron chi connectivity index (χ2n) is 9.60. The summed E-state index contributed by atoms with van der Waals surface area (Å²) < 4.78 is 10.2. The maximum absolute atomic E-state index is 12.5. The molecule has 1 aliphatic rings. The molecule has 1 aliphatic heterocycles. The van der Waals surface area contributed by atoms with Crippen molar-refractivity contribution in [3.8, 4) is 0 Å². The third-order valence-corrected chi connectivity index (χ3v) is 4.20. The van der Waals surface area contributed by atoms with E-state index in [2.05, 4.69) is 21.3 Å².